The lowest BCUT2D eigenvalue weighted by Crippen LogP contribution is -2.17. The Hall–Kier alpha value is -2.52. The maximum absolute atomic E-state index is 9.02. The van der Waals surface area contributed by atoms with Crippen LogP contribution in [0.5, 0.6) is 0 Å². The molecule has 20 heavy (non-hydrogen) atoms. The first kappa shape index (κ1) is 13.9. The summed E-state index contributed by atoms with van der Waals surface area (Å²) in [5.41, 5.74) is 2.19. The Labute approximate surface area is 119 Å². The molecule has 0 aromatic carbocycles. The molecule has 0 saturated heterocycles. The lowest BCUT2D eigenvalue weighted by Gasteiger charge is -2.30. The van der Waals surface area contributed by atoms with E-state index in [1.807, 2.05) is 42.5 Å². The highest BCUT2D eigenvalue weighted by Crippen LogP contribution is 2.39. The number of nitriles is 2. The Kier molecular flexibility index (Phi) is 3.91. The number of hydrogen-bond donors (Lipinski definition) is 0. The summed E-state index contributed by atoms with van der Waals surface area (Å²) < 4.78 is 5.26. The molecule has 0 bridgehead atoms. The van der Waals surface area contributed by atoms with Gasteiger partial charge in [-0.15, -0.1) is 0 Å². The van der Waals surface area contributed by atoms with E-state index in [4.69, 9.17) is 14.9 Å². The Balaban J connectivity index is 2.35. The van der Waals surface area contributed by atoms with Crippen molar-refractivity contribution in [3.8, 4) is 12.1 Å². The molecule has 0 amide bonds. The zero-order valence-electron chi connectivity index (χ0n) is 11.7. The smallest absolute Gasteiger partial charge is 0.132 e. The molecule has 3 heteroatoms. The van der Waals surface area contributed by atoms with Gasteiger partial charge in [0, 0.05) is 0 Å². The summed E-state index contributed by atoms with van der Waals surface area (Å²) in [6.45, 7) is 4.29. The minimum absolute atomic E-state index is 0.0475. The summed E-state index contributed by atoms with van der Waals surface area (Å²) in [7, 11) is 0. The van der Waals surface area contributed by atoms with Crippen LogP contribution in [0.3, 0.4) is 0 Å². The van der Waals surface area contributed by atoms with E-state index < -0.39 is 0 Å². The highest BCUT2D eigenvalue weighted by Gasteiger charge is 2.26. The molecule has 3 nitrogen and oxygen atoms in total. The van der Waals surface area contributed by atoms with Crippen molar-refractivity contribution in [1.82, 2.24) is 0 Å². The van der Waals surface area contributed by atoms with E-state index in [1.165, 1.54) is 0 Å². The van der Waals surface area contributed by atoms with Gasteiger partial charge in [-0.25, -0.2) is 0 Å². The quantitative estimate of drug-likeness (QED) is 0.744. The SMILES string of the molecule is CC1(C)CC(C=Cc2ccco2)=CC(=C(C#N)C#N)C1. The first-order valence-corrected chi connectivity index (χ1v) is 6.49. The second-order valence-electron chi connectivity index (χ2n) is 5.71. The second kappa shape index (κ2) is 5.63. The third kappa shape index (κ3) is 3.28. The molecule has 1 aromatic heterocycles. The molecule has 1 aliphatic rings. The zero-order chi connectivity index (χ0) is 14.6. The summed E-state index contributed by atoms with van der Waals surface area (Å²) in [6, 6.07) is 7.69. The van der Waals surface area contributed by atoms with Crippen LogP contribution in [0, 0.1) is 28.1 Å². The van der Waals surface area contributed by atoms with E-state index in [-0.39, 0.29) is 11.0 Å². The van der Waals surface area contributed by atoms with Crippen molar-refractivity contribution in [2.45, 2.75) is 26.7 Å². The minimum Gasteiger partial charge on any atom is -0.465 e. The third-order valence-electron chi connectivity index (χ3n) is 3.26. The number of furan rings is 1. The molecule has 0 fully saturated rings. The third-order valence-corrected chi connectivity index (χ3v) is 3.26. The van der Waals surface area contributed by atoms with Gasteiger partial charge in [0.2, 0.25) is 0 Å². The molecule has 0 atom stereocenters. The van der Waals surface area contributed by atoms with Crippen molar-refractivity contribution in [1.29, 1.82) is 10.5 Å². The molecule has 0 radical (unpaired) electrons. The van der Waals surface area contributed by atoms with Crippen molar-refractivity contribution in [3.63, 3.8) is 0 Å². The predicted molar refractivity (Wildman–Crippen MR) is 77.1 cm³/mol. The number of hydrogen-bond acceptors (Lipinski definition) is 3. The maximum Gasteiger partial charge on any atom is 0.132 e. The average molecular weight is 264 g/mol. The summed E-state index contributed by atoms with van der Waals surface area (Å²) in [4.78, 5) is 0. The molecular formula is C17H16N2O. The topological polar surface area (TPSA) is 60.7 Å². The Morgan fingerprint density at radius 3 is 2.60 bits per heavy atom. The van der Waals surface area contributed by atoms with Crippen LogP contribution in [0.4, 0.5) is 0 Å². The van der Waals surface area contributed by atoms with Gasteiger partial charge in [0.15, 0.2) is 0 Å². The van der Waals surface area contributed by atoms with Crippen LogP contribution < -0.4 is 0 Å². The highest BCUT2D eigenvalue weighted by atomic mass is 16.3. The first-order valence-electron chi connectivity index (χ1n) is 6.49. The van der Waals surface area contributed by atoms with E-state index in [0.29, 0.717) is 0 Å². The van der Waals surface area contributed by atoms with Crippen LogP contribution in [0.1, 0.15) is 32.4 Å². The minimum atomic E-state index is 0.0475. The Morgan fingerprint density at radius 2 is 2.00 bits per heavy atom. The van der Waals surface area contributed by atoms with Gasteiger partial charge in [0.25, 0.3) is 0 Å². The van der Waals surface area contributed by atoms with E-state index >= 15 is 0 Å². The molecule has 0 unspecified atom stereocenters. The number of nitrogens with zero attached hydrogens (tertiary/aromatic N) is 2. The van der Waals surface area contributed by atoms with Crippen LogP contribution in [0.15, 0.2) is 51.7 Å². The Morgan fingerprint density at radius 1 is 1.25 bits per heavy atom. The normalized spacial score (nSPS) is 17.4. The first-order chi connectivity index (χ1) is 9.54. The fourth-order valence-corrected chi connectivity index (χ4v) is 2.47. The van der Waals surface area contributed by atoms with E-state index in [0.717, 1.165) is 29.7 Å². The summed E-state index contributed by atoms with van der Waals surface area (Å²) in [5, 5.41) is 18.0. The fourth-order valence-electron chi connectivity index (χ4n) is 2.47. The standard InChI is InChI=1S/C17H16N2O/c1-17(2)9-13(5-6-16-4-3-7-20-16)8-14(10-17)15(11-18)12-19/h3-8H,9-10H2,1-2H3. The molecule has 100 valence electrons. The molecule has 1 aliphatic carbocycles. The van der Waals surface area contributed by atoms with Crippen molar-refractivity contribution < 1.29 is 4.42 Å². The van der Waals surface area contributed by atoms with Crippen molar-refractivity contribution >= 4 is 6.08 Å². The van der Waals surface area contributed by atoms with E-state index in [9.17, 15) is 0 Å². The van der Waals surface area contributed by atoms with Crippen LogP contribution in [0.2, 0.25) is 0 Å². The predicted octanol–water partition coefficient (Wildman–Crippen LogP) is 4.38. The summed E-state index contributed by atoms with van der Waals surface area (Å²) in [5.74, 6) is 0.792. The number of allylic oxidation sites excluding steroid dienone is 5. The monoisotopic (exact) mass is 264 g/mol. The number of rotatable bonds is 2. The second-order valence-corrected chi connectivity index (χ2v) is 5.71. The van der Waals surface area contributed by atoms with Gasteiger partial charge in [-0.2, -0.15) is 10.5 Å². The van der Waals surface area contributed by atoms with Crippen molar-refractivity contribution in [2.75, 3.05) is 0 Å². The van der Waals surface area contributed by atoms with Gasteiger partial charge in [-0.3, -0.25) is 0 Å². The van der Waals surface area contributed by atoms with Crippen LogP contribution >= 0.6 is 0 Å². The van der Waals surface area contributed by atoms with E-state index in [2.05, 4.69) is 13.8 Å². The van der Waals surface area contributed by atoms with Gasteiger partial charge in [0.05, 0.1) is 6.26 Å². The lowest BCUT2D eigenvalue weighted by atomic mass is 9.74. The lowest BCUT2D eigenvalue weighted by molar-refractivity contribution is 0.354. The molecule has 0 aliphatic heterocycles. The van der Waals surface area contributed by atoms with Gasteiger partial charge < -0.3 is 4.42 Å². The summed E-state index contributed by atoms with van der Waals surface area (Å²) in [6.07, 6.45) is 9.15. The van der Waals surface area contributed by atoms with Crippen LogP contribution in [-0.4, -0.2) is 0 Å². The van der Waals surface area contributed by atoms with Crippen LogP contribution in [0.25, 0.3) is 6.08 Å². The van der Waals surface area contributed by atoms with E-state index in [1.54, 1.807) is 6.26 Å². The molecule has 1 aromatic rings. The zero-order valence-corrected chi connectivity index (χ0v) is 11.7. The fraction of sp³-hybridized carbons (Fsp3) is 0.294. The molecule has 0 spiro atoms. The van der Waals surface area contributed by atoms with Gasteiger partial charge in [-0.05, 0) is 47.6 Å². The highest BCUT2D eigenvalue weighted by molar-refractivity contribution is 5.53. The van der Waals surface area contributed by atoms with Gasteiger partial charge in [-0.1, -0.05) is 26.0 Å². The molecular weight excluding hydrogens is 248 g/mol. The van der Waals surface area contributed by atoms with Crippen molar-refractivity contribution in [2.24, 2.45) is 5.41 Å². The van der Waals surface area contributed by atoms with Crippen molar-refractivity contribution in [3.05, 3.63) is 53.0 Å². The maximum atomic E-state index is 9.02. The van der Waals surface area contributed by atoms with Gasteiger partial charge >= 0.3 is 0 Å². The average Bonchev–Trinajstić information content (AvgIpc) is 2.89. The summed E-state index contributed by atoms with van der Waals surface area (Å²) >= 11 is 0. The Bertz CT molecular complexity index is 643. The molecule has 0 saturated carbocycles. The largest absolute Gasteiger partial charge is 0.465 e. The molecule has 1 heterocycles. The van der Waals surface area contributed by atoms with Gasteiger partial charge in [0.1, 0.15) is 23.5 Å². The molecule has 0 N–H and O–H groups in total. The molecule has 2 rings (SSSR count). The van der Waals surface area contributed by atoms with Crippen LogP contribution in [-0.2, 0) is 0 Å².